The van der Waals surface area contributed by atoms with Crippen molar-refractivity contribution >= 4 is 17.0 Å². The molecule has 0 radical (unpaired) electrons. The van der Waals surface area contributed by atoms with Crippen molar-refractivity contribution in [1.82, 2.24) is 20.4 Å². The van der Waals surface area contributed by atoms with Crippen LogP contribution in [0.1, 0.15) is 53.1 Å². The first kappa shape index (κ1) is 20.5. The Hall–Kier alpha value is -2.77. The summed E-state index contributed by atoms with van der Waals surface area (Å²) in [5.74, 6) is 0.0431. The molecule has 1 unspecified atom stereocenters. The molecule has 3 aromatic rings. The van der Waals surface area contributed by atoms with Gasteiger partial charge in [-0.2, -0.15) is 0 Å². The van der Waals surface area contributed by atoms with Crippen molar-refractivity contribution < 1.29 is 14.1 Å². The van der Waals surface area contributed by atoms with Crippen molar-refractivity contribution in [1.29, 1.82) is 0 Å². The van der Waals surface area contributed by atoms with Crippen LogP contribution in [0.4, 0.5) is 0 Å². The summed E-state index contributed by atoms with van der Waals surface area (Å²) < 4.78 is 10.9. The number of pyridine rings is 1. The summed E-state index contributed by atoms with van der Waals surface area (Å²) in [6.07, 6.45) is 0. The van der Waals surface area contributed by atoms with E-state index in [2.05, 4.69) is 32.5 Å². The van der Waals surface area contributed by atoms with Gasteiger partial charge in [0.15, 0.2) is 0 Å². The van der Waals surface area contributed by atoms with Crippen LogP contribution in [0.3, 0.4) is 0 Å². The Balaban J connectivity index is 1.60. The minimum absolute atomic E-state index is 0.0875. The maximum atomic E-state index is 13.3. The number of hydrogen-bond donors (Lipinski definition) is 1. The Morgan fingerprint density at radius 3 is 2.63 bits per heavy atom. The molecule has 7 heteroatoms. The van der Waals surface area contributed by atoms with Crippen molar-refractivity contribution in [2.75, 3.05) is 32.8 Å². The lowest BCUT2D eigenvalue weighted by atomic mass is 10.0. The minimum Gasteiger partial charge on any atom is -0.379 e. The second kappa shape index (κ2) is 8.93. The normalized spacial score (nSPS) is 16.1. The van der Waals surface area contributed by atoms with E-state index in [4.69, 9.17) is 9.26 Å². The number of amides is 1. The van der Waals surface area contributed by atoms with Crippen LogP contribution in [0.2, 0.25) is 0 Å². The molecule has 158 valence electrons. The van der Waals surface area contributed by atoms with Crippen LogP contribution >= 0.6 is 0 Å². The van der Waals surface area contributed by atoms with Gasteiger partial charge in [0.1, 0.15) is 0 Å². The second-order valence-corrected chi connectivity index (χ2v) is 7.98. The number of rotatable bonds is 6. The Bertz CT molecular complexity index is 1010. The number of aromatic nitrogens is 2. The third kappa shape index (κ3) is 4.22. The lowest BCUT2D eigenvalue weighted by Gasteiger charge is -2.35. The zero-order valence-electron chi connectivity index (χ0n) is 17.7. The van der Waals surface area contributed by atoms with Crippen LogP contribution in [-0.4, -0.2) is 53.8 Å². The SMILES string of the molecule is Cc1noc2nc(C(C)C)cc(C(=O)NCC(c3ccccc3)N3CCOCC3)c12. The summed E-state index contributed by atoms with van der Waals surface area (Å²) in [6.45, 7) is 9.54. The van der Waals surface area contributed by atoms with Gasteiger partial charge in [0, 0.05) is 25.3 Å². The highest BCUT2D eigenvalue weighted by Gasteiger charge is 2.25. The molecular weight excluding hydrogens is 380 g/mol. The number of benzene rings is 1. The van der Waals surface area contributed by atoms with Gasteiger partial charge in [0.2, 0.25) is 0 Å². The molecule has 1 fully saturated rings. The number of nitrogens with zero attached hydrogens (tertiary/aromatic N) is 3. The van der Waals surface area contributed by atoms with Gasteiger partial charge in [0.05, 0.1) is 35.9 Å². The molecule has 1 saturated heterocycles. The fraction of sp³-hybridized carbons (Fsp3) is 0.435. The summed E-state index contributed by atoms with van der Waals surface area (Å²) in [7, 11) is 0. The Kier molecular flexibility index (Phi) is 6.11. The number of carbonyl (C=O) groups excluding carboxylic acids is 1. The maximum absolute atomic E-state index is 13.3. The van der Waals surface area contributed by atoms with Crippen molar-refractivity contribution in [3.63, 3.8) is 0 Å². The van der Waals surface area contributed by atoms with Crippen molar-refractivity contribution in [2.45, 2.75) is 32.7 Å². The summed E-state index contributed by atoms with van der Waals surface area (Å²) in [5, 5.41) is 7.85. The quantitative estimate of drug-likeness (QED) is 0.673. The van der Waals surface area contributed by atoms with Gasteiger partial charge in [-0.3, -0.25) is 9.69 Å². The number of hydrogen-bond acceptors (Lipinski definition) is 6. The average molecular weight is 409 g/mol. The van der Waals surface area contributed by atoms with Crippen LogP contribution in [0.25, 0.3) is 11.1 Å². The number of nitrogens with one attached hydrogen (secondary N) is 1. The first-order valence-corrected chi connectivity index (χ1v) is 10.5. The summed E-state index contributed by atoms with van der Waals surface area (Å²) in [4.78, 5) is 20.1. The number of aryl methyl sites for hydroxylation is 1. The average Bonchev–Trinajstić information content (AvgIpc) is 3.15. The fourth-order valence-corrected chi connectivity index (χ4v) is 3.90. The Morgan fingerprint density at radius 2 is 1.93 bits per heavy atom. The number of ether oxygens (including phenoxy) is 1. The van der Waals surface area contributed by atoms with E-state index in [0.29, 0.717) is 42.1 Å². The van der Waals surface area contributed by atoms with Crippen LogP contribution in [-0.2, 0) is 4.74 Å². The first-order valence-electron chi connectivity index (χ1n) is 10.5. The van der Waals surface area contributed by atoms with E-state index >= 15 is 0 Å². The molecule has 2 aromatic heterocycles. The monoisotopic (exact) mass is 408 g/mol. The molecule has 0 spiro atoms. The molecule has 1 aromatic carbocycles. The van der Waals surface area contributed by atoms with Crippen molar-refractivity contribution in [2.24, 2.45) is 0 Å². The fourth-order valence-electron chi connectivity index (χ4n) is 3.90. The molecule has 7 nitrogen and oxygen atoms in total. The summed E-state index contributed by atoms with van der Waals surface area (Å²) >= 11 is 0. The van der Waals surface area contributed by atoms with Gasteiger partial charge >= 0.3 is 0 Å². The maximum Gasteiger partial charge on any atom is 0.259 e. The predicted octanol–water partition coefficient (Wildman–Crippen LogP) is 3.46. The molecular formula is C23H28N4O3. The number of carbonyl (C=O) groups is 1. The van der Waals surface area contributed by atoms with Crippen molar-refractivity contribution in [3.05, 3.63) is 58.9 Å². The summed E-state index contributed by atoms with van der Waals surface area (Å²) in [6, 6.07) is 12.2. The van der Waals surface area contributed by atoms with E-state index in [9.17, 15) is 4.79 Å². The highest BCUT2D eigenvalue weighted by molar-refractivity contribution is 6.06. The van der Waals surface area contributed by atoms with Crippen LogP contribution < -0.4 is 5.32 Å². The molecule has 1 aliphatic rings. The molecule has 1 aliphatic heterocycles. The van der Waals surface area contributed by atoms with Gasteiger partial charge in [-0.05, 0) is 24.5 Å². The summed E-state index contributed by atoms with van der Waals surface area (Å²) in [5.41, 5.74) is 3.65. The molecule has 0 aliphatic carbocycles. The Morgan fingerprint density at radius 1 is 1.20 bits per heavy atom. The van der Waals surface area contributed by atoms with E-state index in [-0.39, 0.29) is 17.9 Å². The van der Waals surface area contributed by atoms with E-state index in [1.165, 1.54) is 5.56 Å². The number of fused-ring (bicyclic) bond motifs is 1. The van der Waals surface area contributed by atoms with E-state index in [1.54, 1.807) is 0 Å². The smallest absolute Gasteiger partial charge is 0.259 e. The van der Waals surface area contributed by atoms with Gasteiger partial charge in [0.25, 0.3) is 11.6 Å². The van der Waals surface area contributed by atoms with Gasteiger partial charge in [-0.15, -0.1) is 0 Å². The predicted molar refractivity (Wildman–Crippen MR) is 115 cm³/mol. The molecule has 1 N–H and O–H groups in total. The molecule has 0 saturated carbocycles. The topological polar surface area (TPSA) is 80.5 Å². The zero-order valence-corrected chi connectivity index (χ0v) is 17.7. The molecule has 1 atom stereocenters. The molecule has 0 bridgehead atoms. The van der Waals surface area contributed by atoms with Crippen molar-refractivity contribution in [3.8, 4) is 0 Å². The highest BCUT2D eigenvalue weighted by atomic mass is 16.5. The van der Waals surface area contributed by atoms with E-state index in [1.807, 2.05) is 45.0 Å². The highest BCUT2D eigenvalue weighted by Crippen LogP contribution is 2.26. The number of morpholine rings is 1. The van der Waals surface area contributed by atoms with Crippen LogP contribution in [0, 0.1) is 6.92 Å². The van der Waals surface area contributed by atoms with Gasteiger partial charge in [-0.25, -0.2) is 4.98 Å². The third-order valence-electron chi connectivity index (χ3n) is 5.60. The van der Waals surface area contributed by atoms with E-state index < -0.39 is 0 Å². The lowest BCUT2D eigenvalue weighted by molar-refractivity contribution is 0.0162. The second-order valence-electron chi connectivity index (χ2n) is 7.98. The Labute approximate surface area is 176 Å². The first-order chi connectivity index (χ1) is 14.5. The van der Waals surface area contributed by atoms with Gasteiger partial charge < -0.3 is 14.6 Å². The molecule has 4 rings (SSSR count). The largest absolute Gasteiger partial charge is 0.379 e. The van der Waals surface area contributed by atoms with Crippen LogP contribution in [0.15, 0.2) is 40.9 Å². The lowest BCUT2D eigenvalue weighted by Crippen LogP contribution is -2.43. The molecule has 3 heterocycles. The van der Waals surface area contributed by atoms with Gasteiger partial charge in [-0.1, -0.05) is 49.3 Å². The zero-order chi connectivity index (χ0) is 21.1. The molecule has 30 heavy (non-hydrogen) atoms. The molecule has 1 amide bonds. The minimum atomic E-state index is -0.134. The standard InChI is InChI=1S/C23H28N4O3/c1-15(2)19-13-18(21-16(3)26-30-23(21)25-19)22(28)24-14-20(17-7-5-4-6-8-17)27-9-11-29-12-10-27/h4-8,13,15,20H,9-12,14H2,1-3H3,(H,24,28). The van der Waals surface area contributed by atoms with E-state index in [0.717, 1.165) is 18.8 Å². The third-order valence-corrected chi connectivity index (χ3v) is 5.60. The van der Waals surface area contributed by atoms with Crippen LogP contribution in [0.5, 0.6) is 0 Å².